The molecule has 0 aliphatic carbocycles. The van der Waals surface area contributed by atoms with E-state index >= 15 is 0 Å². The number of amides is 1. The molecule has 2 N–H and O–H groups in total. The standard InChI is InChI=1S/C14H7Br2ClF2N2OS/c15-6-1-2-10(17)8(3-6)13(22)21-14(23)20-12-9(16)4-7(18)5-11(12)19/h1-5H,(H2,20,21,22,23). The molecule has 0 bridgehead atoms. The summed E-state index contributed by atoms with van der Waals surface area (Å²) in [6, 6.07) is 6.52. The molecule has 0 fully saturated rings. The molecule has 0 unspecified atom stereocenters. The lowest BCUT2D eigenvalue weighted by Crippen LogP contribution is -2.34. The van der Waals surface area contributed by atoms with E-state index < -0.39 is 17.5 Å². The molecule has 2 aromatic rings. The van der Waals surface area contributed by atoms with Gasteiger partial charge in [0, 0.05) is 15.0 Å². The van der Waals surface area contributed by atoms with Gasteiger partial charge in [0.25, 0.3) is 5.91 Å². The summed E-state index contributed by atoms with van der Waals surface area (Å²) < 4.78 is 27.6. The Balaban J connectivity index is 2.14. The highest BCUT2D eigenvalue weighted by Crippen LogP contribution is 2.27. The second-order valence-corrected chi connectivity index (χ2v) is 6.86. The molecule has 120 valence electrons. The van der Waals surface area contributed by atoms with Crippen molar-refractivity contribution in [2.45, 2.75) is 0 Å². The number of carbonyl (C=O) groups excluding carboxylic acids is 1. The summed E-state index contributed by atoms with van der Waals surface area (Å²) in [5.74, 6) is -2.16. The topological polar surface area (TPSA) is 41.1 Å². The third-order valence-corrected chi connectivity index (χ3v) is 4.30. The zero-order chi connectivity index (χ0) is 17.1. The zero-order valence-corrected chi connectivity index (χ0v) is 15.8. The Bertz CT molecular complexity index is 781. The maximum atomic E-state index is 13.7. The second-order valence-electron chi connectivity index (χ2n) is 4.28. The zero-order valence-electron chi connectivity index (χ0n) is 11.1. The molecule has 9 heteroatoms. The van der Waals surface area contributed by atoms with E-state index in [1.54, 1.807) is 12.1 Å². The van der Waals surface area contributed by atoms with Crippen molar-refractivity contribution in [3.8, 4) is 0 Å². The minimum atomic E-state index is -0.853. The molecule has 2 rings (SSSR count). The molecule has 0 radical (unpaired) electrons. The number of rotatable bonds is 2. The van der Waals surface area contributed by atoms with Crippen LogP contribution in [0.3, 0.4) is 0 Å². The van der Waals surface area contributed by atoms with Crippen molar-refractivity contribution in [1.29, 1.82) is 0 Å². The van der Waals surface area contributed by atoms with E-state index in [0.29, 0.717) is 10.5 Å². The predicted molar refractivity (Wildman–Crippen MR) is 96.9 cm³/mol. The molecule has 0 aromatic heterocycles. The fraction of sp³-hybridized carbons (Fsp3) is 0. The van der Waals surface area contributed by atoms with Gasteiger partial charge in [-0.25, -0.2) is 8.78 Å². The Morgan fingerprint density at radius 2 is 1.87 bits per heavy atom. The average molecular weight is 485 g/mol. The van der Waals surface area contributed by atoms with E-state index in [4.69, 9.17) is 23.8 Å². The first kappa shape index (κ1) is 18.3. The van der Waals surface area contributed by atoms with E-state index in [-0.39, 0.29) is 25.9 Å². The number of anilines is 1. The number of carbonyl (C=O) groups is 1. The summed E-state index contributed by atoms with van der Waals surface area (Å²) in [5, 5.41) is 4.96. The summed E-state index contributed by atoms with van der Waals surface area (Å²) in [6.07, 6.45) is 0. The van der Waals surface area contributed by atoms with E-state index in [1.807, 2.05) is 0 Å². The predicted octanol–water partition coefficient (Wildman–Crippen LogP) is 5.27. The Kier molecular flexibility index (Phi) is 6.07. The Hall–Kier alpha value is -1.09. The summed E-state index contributed by atoms with van der Waals surface area (Å²) >= 11 is 17.2. The van der Waals surface area contributed by atoms with Gasteiger partial charge in [-0.05, 0) is 52.4 Å². The largest absolute Gasteiger partial charge is 0.329 e. The highest BCUT2D eigenvalue weighted by molar-refractivity contribution is 9.10. The SMILES string of the molecule is O=C(NC(=S)Nc1c(F)cc(F)cc1Br)c1cc(Br)ccc1Cl. The number of hydrogen-bond donors (Lipinski definition) is 2. The number of benzene rings is 2. The smallest absolute Gasteiger partial charge is 0.258 e. The summed E-state index contributed by atoms with van der Waals surface area (Å²) in [7, 11) is 0. The minimum absolute atomic E-state index is 0.0861. The maximum absolute atomic E-state index is 13.7. The van der Waals surface area contributed by atoms with Gasteiger partial charge in [-0.15, -0.1) is 0 Å². The molecule has 0 spiro atoms. The van der Waals surface area contributed by atoms with Crippen molar-refractivity contribution < 1.29 is 13.6 Å². The number of nitrogens with one attached hydrogen (secondary N) is 2. The fourth-order valence-electron chi connectivity index (χ4n) is 1.65. The minimum Gasteiger partial charge on any atom is -0.329 e. The molecule has 1 amide bonds. The highest BCUT2D eigenvalue weighted by atomic mass is 79.9. The molecule has 0 heterocycles. The van der Waals surface area contributed by atoms with Crippen LogP contribution >= 0.6 is 55.7 Å². The number of halogens is 5. The van der Waals surface area contributed by atoms with Crippen molar-refractivity contribution in [2.75, 3.05) is 5.32 Å². The molecule has 0 atom stereocenters. The lowest BCUT2D eigenvalue weighted by molar-refractivity contribution is 0.0978. The third-order valence-electron chi connectivity index (χ3n) is 2.65. The van der Waals surface area contributed by atoms with Crippen LogP contribution in [-0.4, -0.2) is 11.0 Å². The van der Waals surface area contributed by atoms with Crippen LogP contribution in [0, 0.1) is 11.6 Å². The van der Waals surface area contributed by atoms with Crippen molar-refractivity contribution in [3.05, 3.63) is 61.5 Å². The maximum Gasteiger partial charge on any atom is 0.258 e. The average Bonchev–Trinajstić information content (AvgIpc) is 2.45. The van der Waals surface area contributed by atoms with Crippen molar-refractivity contribution >= 4 is 72.4 Å². The van der Waals surface area contributed by atoms with Crippen molar-refractivity contribution in [2.24, 2.45) is 0 Å². The lowest BCUT2D eigenvalue weighted by atomic mass is 10.2. The molecule has 23 heavy (non-hydrogen) atoms. The first-order valence-electron chi connectivity index (χ1n) is 6.00. The molecule has 3 nitrogen and oxygen atoms in total. The van der Waals surface area contributed by atoms with Crippen LogP contribution < -0.4 is 10.6 Å². The molecule has 0 aliphatic heterocycles. The van der Waals surface area contributed by atoms with Gasteiger partial charge in [0.1, 0.15) is 5.82 Å². The fourth-order valence-corrected chi connectivity index (χ4v) is 2.91. The second kappa shape index (κ2) is 7.65. The van der Waals surface area contributed by atoms with Crippen molar-refractivity contribution in [1.82, 2.24) is 5.32 Å². The molecule has 0 aliphatic rings. The van der Waals surface area contributed by atoms with Crippen LogP contribution in [0.4, 0.5) is 14.5 Å². The Labute approximate surface area is 157 Å². The number of hydrogen-bond acceptors (Lipinski definition) is 2. The Morgan fingerprint density at radius 3 is 2.52 bits per heavy atom. The normalized spacial score (nSPS) is 10.3. The van der Waals surface area contributed by atoms with E-state index in [2.05, 4.69) is 42.5 Å². The van der Waals surface area contributed by atoms with Crippen LogP contribution in [0.2, 0.25) is 5.02 Å². The molecule has 0 saturated heterocycles. The first-order chi connectivity index (χ1) is 10.8. The van der Waals surface area contributed by atoms with Crippen LogP contribution in [0.15, 0.2) is 39.3 Å². The van der Waals surface area contributed by atoms with Crippen LogP contribution in [0.5, 0.6) is 0 Å². The van der Waals surface area contributed by atoms with Gasteiger partial charge in [0.15, 0.2) is 10.9 Å². The van der Waals surface area contributed by atoms with Gasteiger partial charge in [0.05, 0.1) is 16.3 Å². The molecular weight excluding hydrogens is 477 g/mol. The molecular formula is C14H7Br2ClF2N2OS. The summed E-state index contributed by atoms with van der Waals surface area (Å²) in [5.41, 5.74) is 0.112. The summed E-state index contributed by atoms with van der Waals surface area (Å²) in [4.78, 5) is 12.1. The van der Waals surface area contributed by atoms with E-state index in [9.17, 15) is 13.6 Å². The van der Waals surface area contributed by atoms with Gasteiger partial charge >= 0.3 is 0 Å². The lowest BCUT2D eigenvalue weighted by Gasteiger charge is -2.12. The Morgan fingerprint density at radius 1 is 1.17 bits per heavy atom. The van der Waals surface area contributed by atoms with E-state index in [1.165, 1.54) is 6.07 Å². The van der Waals surface area contributed by atoms with Crippen molar-refractivity contribution in [3.63, 3.8) is 0 Å². The van der Waals surface area contributed by atoms with Gasteiger partial charge in [-0.1, -0.05) is 27.5 Å². The summed E-state index contributed by atoms with van der Waals surface area (Å²) in [6.45, 7) is 0. The van der Waals surface area contributed by atoms with Gasteiger partial charge in [-0.3, -0.25) is 10.1 Å². The van der Waals surface area contributed by atoms with Crippen LogP contribution in [0.1, 0.15) is 10.4 Å². The highest BCUT2D eigenvalue weighted by Gasteiger charge is 2.15. The molecule has 0 saturated carbocycles. The monoisotopic (exact) mass is 482 g/mol. The van der Waals surface area contributed by atoms with Gasteiger partial charge in [0.2, 0.25) is 0 Å². The number of thiocarbonyl (C=S) groups is 1. The van der Waals surface area contributed by atoms with Crippen LogP contribution in [-0.2, 0) is 0 Å². The third kappa shape index (κ3) is 4.69. The van der Waals surface area contributed by atoms with Gasteiger partial charge in [-0.2, -0.15) is 0 Å². The van der Waals surface area contributed by atoms with E-state index in [0.717, 1.165) is 6.07 Å². The van der Waals surface area contributed by atoms with Crippen LogP contribution in [0.25, 0.3) is 0 Å². The molecule has 2 aromatic carbocycles. The first-order valence-corrected chi connectivity index (χ1v) is 8.37. The van der Waals surface area contributed by atoms with Gasteiger partial charge < -0.3 is 5.32 Å². The quantitative estimate of drug-likeness (QED) is 0.571.